The smallest absolute Gasteiger partial charge is 0.255 e. The number of anilines is 1. The minimum atomic E-state index is -0.851. The average Bonchev–Trinajstić information content (AvgIpc) is 2.71. The maximum absolute atomic E-state index is 13.8. The molecule has 0 fully saturated rings. The van der Waals surface area contributed by atoms with Crippen molar-refractivity contribution in [2.75, 3.05) is 11.9 Å². The van der Waals surface area contributed by atoms with Crippen molar-refractivity contribution in [3.05, 3.63) is 88.4 Å². The lowest BCUT2D eigenvalue weighted by atomic mass is 10.1. The Morgan fingerprint density at radius 3 is 2.34 bits per heavy atom. The Kier molecular flexibility index (Phi) is 6.67. The Balaban J connectivity index is 1.81. The van der Waals surface area contributed by atoms with Gasteiger partial charge in [0.15, 0.2) is 0 Å². The molecule has 0 aliphatic carbocycles. The van der Waals surface area contributed by atoms with Crippen LogP contribution in [0, 0.1) is 11.6 Å². The first-order valence-corrected chi connectivity index (χ1v) is 9.25. The molecule has 0 aliphatic rings. The van der Waals surface area contributed by atoms with Gasteiger partial charge in [-0.15, -0.1) is 0 Å². The number of para-hydroxylation sites is 1. The van der Waals surface area contributed by atoms with Crippen LogP contribution in [0.4, 0.5) is 14.5 Å². The van der Waals surface area contributed by atoms with E-state index in [1.54, 1.807) is 36.4 Å². The molecule has 29 heavy (non-hydrogen) atoms. The number of halogens is 3. The fourth-order valence-corrected chi connectivity index (χ4v) is 2.75. The Labute approximate surface area is 172 Å². The van der Waals surface area contributed by atoms with Crippen molar-refractivity contribution in [2.24, 2.45) is 0 Å². The standard InChI is InChI=1S/C22H18ClF2NO3/c1-2-28-20-11-6-14(22(27)26-21-18(24)4-3-5-19(21)25)12-15(20)13-29-17-9-7-16(23)8-10-17/h3-12H,2,13H2,1H3,(H,26,27). The number of rotatable bonds is 7. The van der Waals surface area contributed by atoms with Gasteiger partial charge in [-0.05, 0) is 61.5 Å². The molecule has 0 aliphatic heterocycles. The predicted molar refractivity (Wildman–Crippen MR) is 108 cm³/mol. The molecule has 4 nitrogen and oxygen atoms in total. The molecule has 3 rings (SSSR count). The van der Waals surface area contributed by atoms with Gasteiger partial charge in [-0.1, -0.05) is 17.7 Å². The first-order chi connectivity index (χ1) is 14.0. The average molecular weight is 418 g/mol. The fraction of sp³-hybridized carbons (Fsp3) is 0.136. The van der Waals surface area contributed by atoms with E-state index in [1.807, 2.05) is 6.92 Å². The fourth-order valence-electron chi connectivity index (χ4n) is 2.62. The van der Waals surface area contributed by atoms with E-state index in [0.717, 1.165) is 12.1 Å². The number of hydrogen-bond donors (Lipinski definition) is 1. The highest BCUT2D eigenvalue weighted by Crippen LogP contribution is 2.25. The van der Waals surface area contributed by atoms with Crippen LogP contribution < -0.4 is 14.8 Å². The first kappa shape index (κ1) is 20.6. The lowest BCUT2D eigenvalue weighted by molar-refractivity contribution is 0.102. The predicted octanol–water partition coefficient (Wildman–Crippen LogP) is 5.85. The molecule has 3 aromatic rings. The van der Waals surface area contributed by atoms with Gasteiger partial charge in [0.2, 0.25) is 0 Å². The lowest BCUT2D eigenvalue weighted by Gasteiger charge is -2.14. The molecule has 1 N–H and O–H groups in total. The van der Waals surface area contributed by atoms with Crippen LogP contribution in [0.5, 0.6) is 11.5 Å². The van der Waals surface area contributed by atoms with Crippen molar-refractivity contribution in [3.8, 4) is 11.5 Å². The maximum atomic E-state index is 13.8. The first-order valence-electron chi connectivity index (χ1n) is 8.87. The number of amides is 1. The van der Waals surface area contributed by atoms with E-state index in [4.69, 9.17) is 21.1 Å². The summed E-state index contributed by atoms with van der Waals surface area (Å²) in [7, 11) is 0. The molecule has 0 spiro atoms. The summed E-state index contributed by atoms with van der Waals surface area (Å²) in [6, 6.07) is 14.9. The Hall–Kier alpha value is -3.12. The van der Waals surface area contributed by atoms with Gasteiger partial charge in [0.25, 0.3) is 5.91 Å². The number of ether oxygens (including phenoxy) is 2. The van der Waals surface area contributed by atoms with Gasteiger partial charge in [-0.3, -0.25) is 4.79 Å². The summed E-state index contributed by atoms with van der Waals surface area (Å²) in [6.07, 6.45) is 0. The largest absolute Gasteiger partial charge is 0.493 e. The second-order valence-electron chi connectivity index (χ2n) is 6.05. The van der Waals surface area contributed by atoms with Crippen LogP contribution in [0.25, 0.3) is 0 Å². The van der Waals surface area contributed by atoms with E-state index >= 15 is 0 Å². The van der Waals surface area contributed by atoms with E-state index in [9.17, 15) is 13.6 Å². The highest BCUT2D eigenvalue weighted by molar-refractivity contribution is 6.30. The molecule has 0 radical (unpaired) electrons. The van der Waals surface area contributed by atoms with Gasteiger partial charge in [-0.25, -0.2) is 8.78 Å². The summed E-state index contributed by atoms with van der Waals surface area (Å²) in [4.78, 5) is 12.5. The summed E-state index contributed by atoms with van der Waals surface area (Å²) in [6.45, 7) is 2.40. The van der Waals surface area contributed by atoms with Crippen molar-refractivity contribution >= 4 is 23.2 Å². The molecule has 0 unspecified atom stereocenters. The molecule has 3 aromatic carbocycles. The van der Waals surface area contributed by atoms with Crippen molar-refractivity contribution in [1.29, 1.82) is 0 Å². The Morgan fingerprint density at radius 1 is 1.00 bits per heavy atom. The van der Waals surface area contributed by atoms with E-state index < -0.39 is 23.2 Å². The van der Waals surface area contributed by atoms with Crippen LogP contribution in [0.1, 0.15) is 22.8 Å². The molecule has 0 saturated carbocycles. The number of benzene rings is 3. The lowest BCUT2D eigenvalue weighted by Crippen LogP contribution is -2.15. The summed E-state index contributed by atoms with van der Waals surface area (Å²) in [5, 5.41) is 2.86. The third-order valence-corrected chi connectivity index (χ3v) is 4.28. The second kappa shape index (κ2) is 9.39. The maximum Gasteiger partial charge on any atom is 0.255 e. The van der Waals surface area contributed by atoms with Crippen LogP contribution in [-0.2, 0) is 6.61 Å². The van der Waals surface area contributed by atoms with Gasteiger partial charge < -0.3 is 14.8 Å². The van der Waals surface area contributed by atoms with E-state index in [-0.39, 0.29) is 12.2 Å². The molecule has 0 atom stereocenters. The Morgan fingerprint density at radius 2 is 1.69 bits per heavy atom. The molecule has 0 heterocycles. The minimum absolute atomic E-state index is 0.131. The van der Waals surface area contributed by atoms with Crippen LogP contribution in [-0.4, -0.2) is 12.5 Å². The SMILES string of the molecule is CCOc1ccc(C(=O)Nc2c(F)cccc2F)cc1COc1ccc(Cl)cc1. The second-order valence-corrected chi connectivity index (χ2v) is 6.49. The quantitative estimate of drug-likeness (QED) is 0.524. The summed E-state index contributed by atoms with van der Waals surface area (Å²) >= 11 is 5.87. The van der Waals surface area contributed by atoms with Gasteiger partial charge in [0.1, 0.15) is 35.4 Å². The molecule has 7 heteroatoms. The molecule has 0 aromatic heterocycles. The van der Waals surface area contributed by atoms with Crippen molar-refractivity contribution in [2.45, 2.75) is 13.5 Å². The zero-order valence-electron chi connectivity index (χ0n) is 15.5. The molecule has 1 amide bonds. The van der Waals surface area contributed by atoms with Crippen molar-refractivity contribution in [1.82, 2.24) is 0 Å². The molecule has 0 bridgehead atoms. The zero-order chi connectivity index (χ0) is 20.8. The summed E-state index contributed by atoms with van der Waals surface area (Å²) in [5.41, 5.74) is 0.333. The van der Waals surface area contributed by atoms with Gasteiger partial charge in [0, 0.05) is 16.1 Å². The molecular formula is C22H18ClF2NO3. The van der Waals surface area contributed by atoms with Crippen LogP contribution in [0.2, 0.25) is 5.02 Å². The summed E-state index contributed by atoms with van der Waals surface area (Å²) in [5.74, 6) is -1.20. The third-order valence-electron chi connectivity index (χ3n) is 4.03. The zero-order valence-corrected chi connectivity index (χ0v) is 16.3. The van der Waals surface area contributed by atoms with Crippen LogP contribution in [0.15, 0.2) is 60.7 Å². The van der Waals surface area contributed by atoms with Crippen molar-refractivity contribution in [3.63, 3.8) is 0 Å². The minimum Gasteiger partial charge on any atom is -0.493 e. The molecular weight excluding hydrogens is 400 g/mol. The van der Waals surface area contributed by atoms with Crippen LogP contribution in [0.3, 0.4) is 0 Å². The summed E-state index contributed by atoms with van der Waals surface area (Å²) < 4.78 is 38.9. The third kappa shape index (κ3) is 5.23. The number of carbonyl (C=O) groups excluding carboxylic acids is 1. The van der Waals surface area contributed by atoms with E-state index in [2.05, 4.69) is 5.32 Å². The number of nitrogens with one attached hydrogen (secondary N) is 1. The van der Waals surface area contributed by atoms with Crippen molar-refractivity contribution < 1.29 is 23.0 Å². The van der Waals surface area contributed by atoms with Gasteiger partial charge in [0.05, 0.1) is 6.61 Å². The van der Waals surface area contributed by atoms with Gasteiger partial charge in [-0.2, -0.15) is 0 Å². The molecule has 150 valence electrons. The van der Waals surface area contributed by atoms with E-state index in [0.29, 0.717) is 28.7 Å². The number of hydrogen-bond acceptors (Lipinski definition) is 3. The highest BCUT2D eigenvalue weighted by atomic mass is 35.5. The van der Waals surface area contributed by atoms with E-state index in [1.165, 1.54) is 12.1 Å². The highest BCUT2D eigenvalue weighted by Gasteiger charge is 2.15. The Bertz CT molecular complexity index is 989. The monoisotopic (exact) mass is 417 g/mol. The topological polar surface area (TPSA) is 47.6 Å². The van der Waals surface area contributed by atoms with Gasteiger partial charge >= 0.3 is 0 Å². The normalized spacial score (nSPS) is 10.5. The molecule has 0 saturated heterocycles. The van der Waals surface area contributed by atoms with Crippen LogP contribution >= 0.6 is 11.6 Å². The number of carbonyl (C=O) groups is 1.